The second kappa shape index (κ2) is 3.87. The van der Waals surface area contributed by atoms with Gasteiger partial charge < -0.3 is 5.11 Å². The van der Waals surface area contributed by atoms with Crippen LogP contribution in [0.2, 0.25) is 0 Å². The molecule has 1 unspecified atom stereocenters. The summed E-state index contributed by atoms with van der Waals surface area (Å²) in [7, 11) is 0. The van der Waals surface area contributed by atoms with Gasteiger partial charge in [0.15, 0.2) is 0 Å². The normalized spacial score (nSPS) is 19.1. The van der Waals surface area contributed by atoms with Crippen molar-refractivity contribution < 1.29 is 14.3 Å². The summed E-state index contributed by atoms with van der Waals surface area (Å²) in [5, 5.41) is 12.4. The highest BCUT2D eigenvalue weighted by Gasteiger charge is 2.39. The standard InChI is InChI=1S/C12H14FNO2/c1-12(11(15)16,14-10-6-7-10)8-2-4-9(13)5-3-8/h2-5,10,14H,6-7H2,1H3,(H,15,16). The molecule has 3 nitrogen and oxygen atoms in total. The summed E-state index contributed by atoms with van der Waals surface area (Å²) in [5.74, 6) is -1.30. The van der Waals surface area contributed by atoms with E-state index >= 15 is 0 Å². The molecule has 1 aliphatic rings. The fourth-order valence-corrected chi connectivity index (χ4v) is 1.69. The van der Waals surface area contributed by atoms with Gasteiger partial charge in [0.25, 0.3) is 0 Å². The number of carbonyl (C=O) groups is 1. The first-order chi connectivity index (χ1) is 7.52. The topological polar surface area (TPSA) is 49.3 Å². The first kappa shape index (κ1) is 11.1. The van der Waals surface area contributed by atoms with Crippen LogP contribution in [-0.4, -0.2) is 17.1 Å². The first-order valence-electron chi connectivity index (χ1n) is 5.29. The van der Waals surface area contributed by atoms with E-state index in [0.717, 1.165) is 12.8 Å². The molecule has 0 amide bonds. The van der Waals surface area contributed by atoms with Gasteiger partial charge in [0.1, 0.15) is 11.4 Å². The molecule has 1 fully saturated rings. The van der Waals surface area contributed by atoms with Gasteiger partial charge in [-0.2, -0.15) is 0 Å². The first-order valence-corrected chi connectivity index (χ1v) is 5.29. The van der Waals surface area contributed by atoms with Gasteiger partial charge in [-0.25, -0.2) is 9.18 Å². The Bertz CT molecular complexity index is 400. The van der Waals surface area contributed by atoms with Gasteiger partial charge >= 0.3 is 5.97 Å². The summed E-state index contributed by atoms with van der Waals surface area (Å²) in [6.45, 7) is 1.61. The minimum Gasteiger partial charge on any atom is -0.480 e. The number of benzene rings is 1. The van der Waals surface area contributed by atoms with Gasteiger partial charge in [-0.15, -0.1) is 0 Å². The minimum absolute atomic E-state index is 0.270. The highest BCUT2D eigenvalue weighted by atomic mass is 19.1. The van der Waals surface area contributed by atoms with Crippen LogP contribution in [0.15, 0.2) is 24.3 Å². The molecular formula is C12H14FNO2. The third-order valence-electron chi connectivity index (χ3n) is 2.92. The van der Waals surface area contributed by atoms with Crippen molar-refractivity contribution in [2.24, 2.45) is 0 Å². The molecule has 0 bridgehead atoms. The van der Waals surface area contributed by atoms with E-state index in [0.29, 0.717) is 5.56 Å². The van der Waals surface area contributed by atoms with Crippen molar-refractivity contribution in [2.45, 2.75) is 31.3 Å². The summed E-state index contributed by atoms with van der Waals surface area (Å²) in [6.07, 6.45) is 2.01. The maximum atomic E-state index is 12.8. The molecule has 0 heterocycles. The number of carboxylic acids is 1. The second-order valence-corrected chi connectivity index (χ2v) is 4.36. The smallest absolute Gasteiger partial charge is 0.328 e. The number of hydrogen-bond acceptors (Lipinski definition) is 2. The molecule has 1 saturated carbocycles. The monoisotopic (exact) mass is 223 g/mol. The Kier molecular flexibility index (Phi) is 2.68. The van der Waals surface area contributed by atoms with Gasteiger partial charge in [-0.05, 0) is 37.5 Å². The molecule has 1 atom stereocenters. The highest BCUT2D eigenvalue weighted by molar-refractivity contribution is 5.80. The van der Waals surface area contributed by atoms with Crippen molar-refractivity contribution in [1.29, 1.82) is 0 Å². The molecule has 0 aromatic heterocycles. The Hall–Kier alpha value is -1.42. The van der Waals surface area contributed by atoms with Gasteiger partial charge in [0.2, 0.25) is 0 Å². The zero-order valence-corrected chi connectivity index (χ0v) is 9.03. The zero-order valence-electron chi connectivity index (χ0n) is 9.03. The predicted molar refractivity (Wildman–Crippen MR) is 57.5 cm³/mol. The van der Waals surface area contributed by atoms with Crippen LogP contribution in [0.25, 0.3) is 0 Å². The highest BCUT2D eigenvalue weighted by Crippen LogP contribution is 2.28. The number of carboxylic acid groups (broad SMARTS) is 1. The molecule has 1 aromatic carbocycles. The van der Waals surface area contributed by atoms with Crippen LogP contribution in [0, 0.1) is 5.82 Å². The summed E-state index contributed by atoms with van der Waals surface area (Å²) >= 11 is 0. The van der Waals surface area contributed by atoms with Crippen LogP contribution in [0.3, 0.4) is 0 Å². The third kappa shape index (κ3) is 2.07. The van der Waals surface area contributed by atoms with Gasteiger partial charge in [0, 0.05) is 6.04 Å². The average molecular weight is 223 g/mol. The Balaban J connectivity index is 2.30. The molecule has 2 N–H and O–H groups in total. The molecule has 0 saturated heterocycles. The fraction of sp³-hybridized carbons (Fsp3) is 0.417. The molecule has 4 heteroatoms. The van der Waals surface area contributed by atoms with Crippen molar-refractivity contribution in [3.63, 3.8) is 0 Å². The van der Waals surface area contributed by atoms with E-state index in [9.17, 15) is 14.3 Å². The van der Waals surface area contributed by atoms with Crippen molar-refractivity contribution >= 4 is 5.97 Å². The maximum absolute atomic E-state index is 12.8. The van der Waals surface area contributed by atoms with Crippen molar-refractivity contribution in [3.05, 3.63) is 35.6 Å². The molecule has 0 spiro atoms. The van der Waals surface area contributed by atoms with Gasteiger partial charge in [0.05, 0.1) is 0 Å². The molecule has 86 valence electrons. The zero-order chi connectivity index (χ0) is 11.8. The predicted octanol–water partition coefficient (Wildman–Crippen LogP) is 1.88. The number of halogens is 1. The maximum Gasteiger partial charge on any atom is 0.328 e. The molecular weight excluding hydrogens is 209 g/mol. The van der Waals surface area contributed by atoms with Crippen LogP contribution in [0.1, 0.15) is 25.3 Å². The average Bonchev–Trinajstić information content (AvgIpc) is 3.02. The largest absolute Gasteiger partial charge is 0.480 e. The van der Waals surface area contributed by atoms with E-state index in [1.807, 2.05) is 0 Å². The number of aliphatic carboxylic acids is 1. The molecule has 16 heavy (non-hydrogen) atoms. The Morgan fingerprint density at radius 2 is 2.00 bits per heavy atom. The molecule has 0 radical (unpaired) electrons. The van der Waals surface area contributed by atoms with E-state index < -0.39 is 11.5 Å². The van der Waals surface area contributed by atoms with Crippen LogP contribution in [0.4, 0.5) is 4.39 Å². The molecule has 0 aliphatic heterocycles. The summed E-state index contributed by atoms with van der Waals surface area (Å²) in [6, 6.07) is 5.86. The fourth-order valence-electron chi connectivity index (χ4n) is 1.69. The van der Waals surface area contributed by atoms with E-state index in [2.05, 4.69) is 5.32 Å². The van der Waals surface area contributed by atoms with Crippen LogP contribution in [0.5, 0.6) is 0 Å². The summed E-state index contributed by atoms with van der Waals surface area (Å²) in [4.78, 5) is 11.3. The summed E-state index contributed by atoms with van der Waals surface area (Å²) < 4.78 is 12.8. The summed E-state index contributed by atoms with van der Waals surface area (Å²) in [5.41, 5.74) is -0.553. The lowest BCUT2D eigenvalue weighted by molar-refractivity contribution is -0.144. The number of rotatable bonds is 4. The molecule has 2 rings (SSSR count). The van der Waals surface area contributed by atoms with Crippen LogP contribution >= 0.6 is 0 Å². The molecule has 1 aromatic rings. The van der Waals surface area contributed by atoms with Gasteiger partial charge in [-0.3, -0.25) is 5.32 Å². The number of hydrogen-bond donors (Lipinski definition) is 2. The van der Waals surface area contributed by atoms with E-state index in [1.54, 1.807) is 6.92 Å². The Morgan fingerprint density at radius 3 is 2.44 bits per heavy atom. The lowest BCUT2D eigenvalue weighted by Crippen LogP contribution is -2.47. The third-order valence-corrected chi connectivity index (χ3v) is 2.92. The Morgan fingerprint density at radius 1 is 1.44 bits per heavy atom. The van der Waals surface area contributed by atoms with E-state index in [4.69, 9.17) is 0 Å². The Labute approximate surface area is 93.3 Å². The van der Waals surface area contributed by atoms with Crippen molar-refractivity contribution in [2.75, 3.05) is 0 Å². The van der Waals surface area contributed by atoms with Crippen LogP contribution in [-0.2, 0) is 10.3 Å². The SMILES string of the molecule is CC(NC1CC1)(C(=O)O)c1ccc(F)cc1. The van der Waals surface area contributed by atoms with Gasteiger partial charge in [-0.1, -0.05) is 12.1 Å². The van der Waals surface area contributed by atoms with Crippen molar-refractivity contribution in [3.8, 4) is 0 Å². The second-order valence-electron chi connectivity index (χ2n) is 4.36. The van der Waals surface area contributed by atoms with E-state index in [1.165, 1.54) is 24.3 Å². The lowest BCUT2D eigenvalue weighted by atomic mass is 9.92. The quantitative estimate of drug-likeness (QED) is 0.819. The minimum atomic E-state index is -1.13. The number of nitrogens with one attached hydrogen (secondary N) is 1. The van der Waals surface area contributed by atoms with Crippen LogP contribution < -0.4 is 5.32 Å². The van der Waals surface area contributed by atoms with E-state index in [-0.39, 0.29) is 11.9 Å². The van der Waals surface area contributed by atoms with Crippen molar-refractivity contribution in [1.82, 2.24) is 5.32 Å². The molecule has 1 aliphatic carbocycles. The lowest BCUT2D eigenvalue weighted by Gasteiger charge is -2.26.